The van der Waals surface area contributed by atoms with Gasteiger partial charge in [0, 0.05) is 62.9 Å². The van der Waals surface area contributed by atoms with Gasteiger partial charge in [0.15, 0.2) is 0 Å². The molecule has 0 radical (unpaired) electrons. The first-order chi connectivity index (χ1) is 67.2. The third-order valence-electron chi connectivity index (χ3n) is 25.5. The van der Waals surface area contributed by atoms with Crippen molar-refractivity contribution in [1.29, 1.82) is 0 Å². The van der Waals surface area contributed by atoms with Crippen molar-refractivity contribution in [2.45, 2.75) is 41.5 Å². The molecule has 0 amide bonds. The molecule has 2 nitrogen and oxygen atoms in total. The Bertz CT molecular complexity index is 7140. The Kier molecular flexibility index (Phi) is 26.7. The van der Waals surface area contributed by atoms with Crippen LogP contribution in [0.1, 0.15) is 98.1 Å². The second-order valence-electron chi connectivity index (χ2n) is 35.3. The first kappa shape index (κ1) is 88.8. The molecule has 0 atom stereocenters. The van der Waals surface area contributed by atoms with Crippen LogP contribution < -0.4 is 9.80 Å². The van der Waals surface area contributed by atoms with E-state index < -0.39 is 0 Å². The van der Waals surface area contributed by atoms with E-state index in [-0.39, 0.29) is 0 Å². The average molecular weight is 1810 g/mol. The van der Waals surface area contributed by atoms with Crippen molar-refractivity contribution in [3.05, 3.63) is 535 Å². The summed E-state index contributed by atoms with van der Waals surface area (Å²) < 4.78 is 3.95. The molecule has 0 saturated carbocycles. The highest BCUT2D eigenvalue weighted by molar-refractivity contribution is 7.20. The Balaban J connectivity index is 0.000000169. The number of aryl methyl sites for hydroxylation is 6. The molecule has 0 unspecified atom stereocenters. The molecule has 0 saturated heterocycles. The maximum Gasteiger partial charge on any atom is 0.0462 e. The van der Waals surface area contributed by atoms with E-state index in [2.05, 4.69) is 561 Å². The number of benzene rings is 18. The van der Waals surface area contributed by atoms with Crippen LogP contribution in [0.2, 0.25) is 0 Å². The zero-order valence-corrected chi connectivity index (χ0v) is 80.1. The van der Waals surface area contributed by atoms with Crippen LogP contribution in [0.15, 0.2) is 437 Å². The van der Waals surface area contributed by atoms with Crippen LogP contribution in [-0.4, -0.2) is 0 Å². The third-order valence-corrected chi connectivity index (χ3v) is 28.8. The summed E-state index contributed by atoms with van der Waals surface area (Å²) in [5.41, 5.74) is 39.3. The molecule has 0 bridgehead atoms. The monoisotopic (exact) mass is 1810 g/mol. The number of rotatable bonds is 24. The number of nitrogens with zero attached hydrogens (tertiary/aromatic N) is 2. The molecule has 21 aromatic rings. The van der Waals surface area contributed by atoms with Crippen molar-refractivity contribution in [2.75, 3.05) is 9.80 Å². The summed E-state index contributed by atoms with van der Waals surface area (Å²) >= 11 is 5.47. The van der Waals surface area contributed by atoms with E-state index in [0.29, 0.717) is 0 Å². The van der Waals surface area contributed by atoms with Crippen LogP contribution in [0.5, 0.6) is 0 Å². The lowest BCUT2D eigenvalue weighted by Gasteiger charge is -2.26. The maximum absolute atomic E-state index is 2.35. The van der Waals surface area contributed by atoms with Gasteiger partial charge in [-0.1, -0.05) is 399 Å². The van der Waals surface area contributed by atoms with Gasteiger partial charge in [-0.3, -0.25) is 0 Å². The second-order valence-corrected chi connectivity index (χ2v) is 38.7. The van der Waals surface area contributed by atoms with Crippen molar-refractivity contribution < 1.29 is 0 Å². The highest BCUT2D eigenvalue weighted by atomic mass is 32.1. The summed E-state index contributed by atoms with van der Waals surface area (Å²) in [6.07, 6.45) is 26.5. The molecule has 0 N–H and O–H groups in total. The van der Waals surface area contributed by atoms with Crippen molar-refractivity contribution >= 4 is 171 Å². The van der Waals surface area contributed by atoms with E-state index in [9.17, 15) is 0 Å². The zero-order chi connectivity index (χ0) is 92.9. The van der Waals surface area contributed by atoms with Crippen molar-refractivity contribution in [1.82, 2.24) is 0 Å². The van der Waals surface area contributed by atoms with Gasteiger partial charge in [0.1, 0.15) is 0 Å². The fourth-order valence-corrected chi connectivity index (χ4v) is 20.5. The molecule has 3 aromatic heterocycles. The fourth-order valence-electron chi connectivity index (χ4n) is 17.6. The minimum atomic E-state index is 1.09. The number of thiophene rings is 3. The Labute approximate surface area is 817 Å². The van der Waals surface area contributed by atoms with Gasteiger partial charge in [0.2, 0.25) is 0 Å². The topological polar surface area (TPSA) is 6.48 Å². The van der Waals surface area contributed by atoms with E-state index in [4.69, 9.17) is 0 Å². The SMILES string of the molecule is C(=C\c1cc2ccccc2s1)/c1ccc(-c2ccc(N(c3ccc(-c4ccc(/C=C/c5cc6ccccc6s5)cc4)cc3)c3ccc(-c4ccc(/C=C/c5cc6ccccc6s5)cc4)cc3)cc2)cc1.Cc1ccc(C)c(/C=C/c2ccc(-c3ccc(N(c4ccc(-c5ccc(/C=C/c6cc(C)ccc6C)cc5)cc4)c4ccc(-c5ccc(/C=C/c6cc(C)ccc6C)cc5)cc4)cc3)cc2)c1. The van der Waals surface area contributed by atoms with Crippen LogP contribution in [-0.2, 0) is 0 Å². The van der Waals surface area contributed by atoms with Gasteiger partial charge in [-0.25, -0.2) is 0 Å². The highest BCUT2D eigenvalue weighted by Crippen LogP contribution is 2.43. The van der Waals surface area contributed by atoms with Crippen molar-refractivity contribution in [3.8, 4) is 66.8 Å². The van der Waals surface area contributed by atoms with Crippen LogP contribution in [0.25, 0.3) is 170 Å². The summed E-state index contributed by atoms with van der Waals surface area (Å²) in [4.78, 5) is 8.48. The van der Waals surface area contributed by atoms with Gasteiger partial charge in [-0.2, -0.15) is 0 Å². The van der Waals surface area contributed by atoms with E-state index >= 15 is 0 Å². The predicted molar refractivity (Wildman–Crippen MR) is 602 cm³/mol. The fraction of sp³-hybridized carbons (Fsp3) is 0.0455. The molecule has 137 heavy (non-hydrogen) atoms. The molecular weight excluding hydrogens is 1710 g/mol. The quantitative estimate of drug-likeness (QED) is 0.0557. The summed E-state index contributed by atoms with van der Waals surface area (Å²) in [6.45, 7) is 12.9. The standard InChI is InChI=1S/C66H45NS3.C66H57N/c1-4-10-64-55(7-1)43-61(68-64)40-19-46-13-22-49(23-14-46)52-28-34-58(35-29-52)67(59-36-30-53(31-37-59)50-24-15-47(16-25-50)20-41-62-44-56-8-2-5-11-65(56)69-62)60-38-32-54(33-39-60)51-26-17-48(18-27-51)21-42-63-45-57-9-3-6-12-66(57)70-63;1-46-7-10-49(4)61(43-46)28-19-52-13-22-55(23-14-52)58-31-37-64(38-32-58)67(65-39-33-59(34-40-65)56-24-15-53(16-25-56)20-29-62-44-47(2)8-11-50(62)5)66-41-35-60(36-42-66)57-26-17-54(18-27-57)21-30-63-45-48(3)9-12-51(63)6/h1-45H;7-45H,1-6H3/b40-19+,41-20+,42-21+;28-19+,29-20+,30-21+. The normalized spacial score (nSPS) is 11.7. The molecule has 658 valence electrons. The van der Waals surface area contributed by atoms with E-state index in [0.717, 1.165) is 34.1 Å². The number of fused-ring (bicyclic) bond motifs is 3. The van der Waals surface area contributed by atoms with Crippen molar-refractivity contribution in [2.24, 2.45) is 0 Å². The Morgan fingerprint density at radius 1 is 0.161 bits per heavy atom. The van der Waals surface area contributed by atoms with Crippen LogP contribution in [0, 0.1) is 41.5 Å². The minimum Gasteiger partial charge on any atom is -0.311 e. The summed E-state index contributed by atoms with van der Waals surface area (Å²) in [7, 11) is 0. The molecule has 0 spiro atoms. The summed E-state index contributed by atoms with van der Waals surface area (Å²) in [5.74, 6) is 0. The van der Waals surface area contributed by atoms with Gasteiger partial charge in [0.05, 0.1) is 0 Å². The smallest absolute Gasteiger partial charge is 0.0462 e. The molecule has 3 heterocycles. The van der Waals surface area contributed by atoms with Gasteiger partial charge in [-0.15, -0.1) is 34.0 Å². The predicted octanol–water partition coefficient (Wildman–Crippen LogP) is 38.8. The van der Waals surface area contributed by atoms with E-state index in [1.165, 1.54) is 195 Å². The van der Waals surface area contributed by atoms with Gasteiger partial charge in [-0.05, 0) is 319 Å². The van der Waals surface area contributed by atoms with Crippen LogP contribution >= 0.6 is 34.0 Å². The molecule has 0 aliphatic heterocycles. The van der Waals surface area contributed by atoms with E-state index in [1.54, 1.807) is 0 Å². The molecule has 21 rings (SSSR count). The largest absolute Gasteiger partial charge is 0.311 e. The third kappa shape index (κ3) is 21.6. The van der Waals surface area contributed by atoms with Gasteiger partial charge >= 0.3 is 0 Å². The summed E-state index contributed by atoms with van der Waals surface area (Å²) in [6, 6.07) is 159. The van der Waals surface area contributed by atoms with Crippen LogP contribution in [0.3, 0.4) is 0 Å². The number of hydrogen-bond acceptors (Lipinski definition) is 5. The first-order valence-corrected chi connectivity index (χ1v) is 49.3. The zero-order valence-electron chi connectivity index (χ0n) is 77.6. The lowest BCUT2D eigenvalue weighted by atomic mass is 10.0. The van der Waals surface area contributed by atoms with Gasteiger partial charge < -0.3 is 9.80 Å². The maximum atomic E-state index is 2.35. The van der Waals surface area contributed by atoms with Crippen LogP contribution in [0.4, 0.5) is 34.1 Å². The summed E-state index contributed by atoms with van der Waals surface area (Å²) in [5, 5.41) is 3.88. The number of hydrogen-bond donors (Lipinski definition) is 0. The molecule has 0 fully saturated rings. The Morgan fingerprint density at radius 2 is 0.336 bits per heavy atom. The van der Waals surface area contributed by atoms with E-state index in [1.807, 2.05) is 34.0 Å². The highest BCUT2D eigenvalue weighted by Gasteiger charge is 2.18. The molecule has 5 heteroatoms. The average Bonchev–Trinajstić information content (AvgIpc) is 1.46. The Morgan fingerprint density at radius 3 is 0.526 bits per heavy atom. The van der Waals surface area contributed by atoms with Gasteiger partial charge in [0.25, 0.3) is 0 Å². The molecular formula is C132H102N2S3. The first-order valence-electron chi connectivity index (χ1n) is 46.8. The lowest BCUT2D eigenvalue weighted by Crippen LogP contribution is -2.09. The van der Waals surface area contributed by atoms with Crippen molar-refractivity contribution in [3.63, 3.8) is 0 Å². The second kappa shape index (κ2) is 41.2. The molecule has 18 aromatic carbocycles. The molecule has 0 aliphatic carbocycles. The number of anilines is 6. The Hall–Kier alpha value is -16.1. The minimum absolute atomic E-state index is 1.09. The lowest BCUT2D eigenvalue weighted by molar-refractivity contribution is 1.28. The molecule has 0 aliphatic rings.